The van der Waals surface area contributed by atoms with Crippen LogP contribution in [0.25, 0.3) is 0 Å². The van der Waals surface area contributed by atoms with Crippen molar-refractivity contribution >= 4 is 17.9 Å². The van der Waals surface area contributed by atoms with Crippen LogP contribution in [0.5, 0.6) is 0 Å². The van der Waals surface area contributed by atoms with Gasteiger partial charge in [-0.3, -0.25) is 9.59 Å². The molecule has 0 aromatic heterocycles. The summed E-state index contributed by atoms with van der Waals surface area (Å²) in [6, 6.07) is -0.626. The zero-order valence-electron chi connectivity index (χ0n) is 42.0. The maximum Gasteiger partial charge on any atom is 0.362 e. The summed E-state index contributed by atoms with van der Waals surface area (Å²) in [5.74, 6) is -1.53. The highest BCUT2D eigenvalue weighted by molar-refractivity contribution is 5.72. The van der Waals surface area contributed by atoms with Gasteiger partial charge in [-0.25, -0.2) is 4.79 Å². The number of carbonyl (C=O) groups excluding carboxylic acids is 2. The summed E-state index contributed by atoms with van der Waals surface area (Å²) >= 11 is 0. The minimum Gasteiger partial charge on any atom is -0.477 e. The van der Waals surface area contributed by atoms with Crippen molar-refractivity contribution in [3.8, 4) is 0 Å². The topological polar surface area (TPSA) is 99.1 Å². The summed E-state index contributed by atoms with van der Waals surface area (Å²) in [5, 5.41) is 9.65. The third kappa shape index (κ3) is 44.0. The SMILES string of the molecule is CCCCC/C=C/C/C=C/C/C=C/C/C=C/C/C=C/CCCCC(=O)OCC(COCCC(C(=O)O)[N+](C)(C)C)OC(=O)CCCCCCCCC/C=C/CCCCCCCCCC. The molecular formula is C56H98NO7+. The normalized spacial score (nSPS) is 13.5. The molecule has 0 rings (SSSR count). The zero-order valence-corrected chi connectivity index (χ0v) is 42.0. The van der Waals surface area contributed by atoms with Gasteiger partial charge in [0, 0.05) is 19.3 Å². The van der Waals surface area contributed by atoms with Crippen LogP contribution in [-0.2, 0) is 28.6 Å². The number of carbonyl (C=O) groups is 3. The lowest BCUT2D eigenvalue weighted by atomic mass is 10.1. The minimum atomic E-state index is -0.883. The van der Waals surface area contributed by atoms with Gasteiger partial charge in [-0.2, -0.15) is 0 Å². The Kier molecular flexibility index (Phi) is 44.0. The number of hydrogen-bond donors (Lipinski definition) is 1. The number of likely N-dealkylation sites (N-methyl/N-ethyl adjacent to an activating group) is 1. The average Bonchev–Trinajstić information content (AvgIpc) is 3.26. The number of carboxylic acid groups (broad SMARTS) is 1. The molecule has 0 aliphatic carbocycles. The van der Waals surface area contributed by atoms with E-state index in [2.05, 4.69) is 86.8 Å². The monoisotopic (exact) mass is 897 g/mol. The van der Waals surface area contributed by atoms with Crippen molar-refractivity contribution < 1.29 is 38.2 Å². The largest absolute Gasteiger partial charge is 0.477 e. The Morgan fingerprint density at radius 1 is 0.469 bits per heavy atom. The fourth-order valence-corrected chi connectivity index (χ4v) is 7.28. The Morgan fingerprint density at radius 3 is 1.30 bits per heavy atom. The number of quaternary nitrogens is 1. The molecule has 0 fully saturated rings. The molecule has 2 unspecified atom stereocenters. The van der Waals surface area contributed by atoms with Gasteiger partial charge in [-0.15, -0.1) is 0 Å². The van der Waals surface area contributed by atoms with Gasteiger partial charge in [0.1, 0.15) is 6.61 Å². The Hall–Kier alpha value is -3.23. The fraction of sp³-hybridized carbons (Fsp3) is 0.732. The van der Waals surface area contributed by atoms with Gasteiger partial charge in [0.25, 0.3) is 0 Å². The first-order chi connectivity index (χ1) is 31.1. The lowest BCUT2D eigenvalue weighted by molar-refractivity contribution is -0.887. The molecule has 0 saturated heterocycles. The predicted octanol–water partition coefficient (Wildman–Crippen LogP) is 15.1. The van der Waals surface area contributed by atoms with E-state index in [0.29, 0.717) is 25.7 Å². The molecule has 0 amide bonds. The van der Waals surface area contributed by atoms with Crippen LogP contribution in [0.1, 0.15) is 213 Å². The summed E-state index contributed by atoms with van der Waals surface area (Å²) in [4.78, 5) is 37.2. The molecule has 0 radical (unpaired) electrons. The predicted molar refractivity (Wildman–Crippen MR) is 270 cm³/mol. The van der Waals surface area contributed by atoms with Crippen LogP contribution in [-0.4, -0.2) is 80.6 Å². The van der Waals surface area contributed by atoms with Crippen molar-refractivity contribution in [1.29, 1.82) is 0 Å². The van der Waals surface area contributed by atoms with Gasteiger partial charge in [0.15, 0.2) is 12.1 Å². The van der Waals surface area contributed by atoms with Gasteiger partial charge in [-0.1, -0.05) is 177 Å². The molecule has 0 heterocycles. The molecular weight excluding hydrogens is 799 g/mol. The van der Waals surface area contributed by atoms with Crippen molar-refractivity contribution in [2.24, 2.45) is 0 Å². The number of esters is 2. The molecule has 0 aromatic carbocycles. The summed E-state index contributed by atoms with van der Waals surface area (Å²) in [6.45, 7) is 4.67. The van der Waals surface area contributed by atoms with E-state index in [1.165, 1.54) is 116 Å². The number of nitrogens with zero attached hydrogens (tertiary/aromatic N) is 1. The molecule has 2 atom stereocenters. The number of hydrogen-bond acceptors (Lipinski definition) is 6. The Labute approximate surface area is 393 Å². The quantitative estimate of drug-likeness (QED) is 0.0281. The van der Waals surface area contributed by atoms with Crippen LogP contribution in [0.15, 0.2) is 72.9 Å². The van der Waals surface area contributed by atoms with Crippen LogP contribution in [0, 0.1) is 0 Å². The van der Waals surface area contributed by atoms with E-state index in [4.69, 9.17) is 14.2 Å². The second-order valence-corrected chi connectivity index (χ2v) is 18.4. The zero-order chi connectivity index (χ0) is 47.0. The number of unbranched alkanes of at least 4 members (excludes halogenated alkanes) is 20. The molecule has 0 aliphatic heterocycles. The second kappa shape index (κ2) is 46.3. The van der Waals surface area contributed by atoms with Gasteiger partial charge in [0.05, 0.1) is 34.4 Å². The lowest BCUT2D eigenvalue weighted by Crippen LogP contribution is -2.50. The standard InChI is InChI=1S/C56H97NO7/c1-6-8-10-12-14-16-18-20-22-24-26-27-29-30-32-34-36-38-40-42-44-46-54(58)63-51-52(50-62-49-48-53(56(60)61)57(3,4)5)64-55(59)47-45-43-41-39-37-35-33-31-28-25-23-21-19-17-15-13-11-9-7-2/h14,16,20,22,25-28,30,32,36,38,52-53H,6-13,15,17-19,21,23-24,29,31,33-35,37,39-51H2,1-5H3/p+1/b16-14+,22-20+,27-26+,28-25+,32-30+,38-36+. The summed E-state index contributed by atoms with van der Waals surface area (Å²) in [6.07, 6.45) is 59.5. The van der Waals surface area contributed by atoms with Gasteiger partial charge in [-0.05, 0) is 89.9 Å². The van der Waals surface area contributed by atoms with E-state index in [9.17, 15) is 19.5 Å². The molecule has 0 spiro atoms. The maximum atomic E-state index is 12.8. The third-order valence-corrected chi connectivity index (χ3v) is 11.3. The average molecular weight is 897 g/mol. The number of rotatable bonds is 46. The van der Waals surface area contributed by atoms with Crippen molar-refractivity contribution in [3.63, 3.8) is 0 Å². The molecule has 8 nitrogen and oxygen atoms in total. The van der Waals surface area contributed by atoms with Crippen LogP contribution in [0.3, 0.4) is 0 Å². The van der Waals surface area contributed by atoms with Crippen molar-refractivity contribution in [2.75, 3.05) is 41.0 Å². The van der Waals surface area contributed by atoms with Crippen LogP contribution >= 0.6 is 0 Å². The lowest BCUT2D eigenvalue weighted by Gasteiger charge is -2.31. The van der Waals surface area contributed by atoms with Gasteiger partial charge < -0.3 is 23.8 Å². The Morgan fingerprint density at radius 2 is 0.828 bits per heavy atom. The second-order valence-electron chi connectivity index (χ2n) is 18.4. The van der Waals surface area contributed by atoms with E-state index in [-0.39, 0.29) is 36.2 Å². The fourth-order valence-electron chi connectivity index (χ4n) is 7.28. The van der Waals surface area contributed by atoms with Crippen LogP contribution < -0.4 is 0 Å². The maximum absolute atomic E-state index is 12.8. The van der Waals surface area contributed by atoms with E-state index < -0.39 is 18.1 Å². The number of allylic oxidation sites excluding steroid dienone is 12. The molecule has 8 heteroatoms. The van der Waals surface area contributed by atoms with Crippen molar-refractivity contribution in [2.45, 2.75) is 225 Å². The molecule has 1 N–H and O–H groups in total. The highest BCUT2D eigenvalue weighted by atomic mass is 16.6. The summed E-state index contributed by atoms with van der Waals surface area (Å²) in [7, 11) is 5.52. The highest BCUT2D eigenvalue weighted by Crippen LogP contribution is 2.14. The van der Waals surface area contributed by atoms with Gasteiger partial charge >= 0.3 is 17.9 Å². The van der Waals surface area contributed by atoms with E-state index >= 15 is 0 Å². The number of ether oxygens (including phenoxy) is 3. The molecule has 64 heavy (non-hydrogen) atoms. The summed E-state index contributed by atoms with van der Waals surface area (Å²) in [5.41, 5.74) is 0. The molecule has 0 aromatic rings. The van der Waals surface area contributed by atoms with Crippen LogP contribution in [0.2, 0.25) is 0 Å². The van der Waals surface area contributed by atoms with Crippen LogP contribution in [0.4, 0.5) is 0 Å². The first-order valence-electron chi connectivity index (χ1n) is 26.0. The molecule has 0 aliphatic rings. The smallest absolute Gasteiger partial charge is 0.362 e. The number of carboxylic acids is 1. The van der Waals surface area contributed by atoms with Gasteiger partial charge in [0.2, 0.25) is 0 Å². The third-order valence-electron chi connectivity index (χ3n) is 11.3. The Bertz CT molecular complexity index is 1270. The highest BCUT2D eigenvalue weighted by Gasteiger charge is 2.31. The minimum absolute atomic E-state index is 0.0428. The first-order valence-corrected chi connectivity index (χ1v) is 26.0. The molecule has 0 saturated carbocycles. The number of aliphatic carboxylic acids is 1. The van der Waals surface area contributed by atoms with E-state index in [1.807, 2.05) is 21.1 Å². The van der Waals surface area contributed by atoms with E-state index in [1.54, 1.807) is 0 Å². The Balaban J connectivity index is 4.35. The summed E-state index contributed by atoms with van der Waals surface area (Å²) < 4.78 is 17.3. The van der Waals surface area contributed by atoms with Crippen molar-refractivity contribution in [1.82, 2.24) is 0 Å². The van der Waals surface area contributed by atoms with E-state index in [0.717, 1.165) is 57.8 Å². The first kappa shape index (κ1) is 60.8. The molecule has 0 bridgehead atoms. The van der Waals surface area contributed by atoms with Crippen molar-refractivity contribution in [3.05, 3.63) is 72.9 Å². The molecule has 368 valence electrons.